The molecule has 1 atom stereocenters. The standard InChI is InChI=1S/C18H24N4O4/c23-16(21-6-1-2-7-21)11-25-14-3-8-26-18(9-14)12-22(13-18)17(24)15-10-19-4-5-20-15/h4-5,10,14H,1-3,6-9,11-13H2. The molecule has 0 radical (unpaired) electrons. The first-order chi connectivity index (χ1) is 12.7. The fourth-order valence-electron chi connectivity index (χ4n) is 3.96. The molecule has 3 aliphatic heterocycles. The quantitative estimate of drug-likeness (QED) is 0.777. The third-order valence-corrected chi connectivity index (χ3v) is 5.38. The molecule has 0 N–H and O–H groups in total. The van der Waals surface area contributed by atoms with Gasteiger partial charge in [0.25, 0.3) is 5.91 Å². The highest BCUT2D eigenvalue weighted by molar-refractivity contribution is 5.92. The molecule has 0 saturated carbocycles. The number of aromatic nitrogens is 2. The molecule has 1 aromatic rings. The predicted molar refractivity (Wildman–Crippen MR) is 91.4 cm³/mol. The molecule has 3 fully saturated rings. The molecule has 1 spiro atoms. The Bertz CT molecular complexity index is 656. The average Bonchev–Trinajstić information content (AvgIpc) is 3.19. The molecule has 3 saturated heterocycles. The lowest BCUT2D eigenvalue weighted by Gasteiger charge is -2.52. The summed E-state index contributed by atoms with van der Waals surface area (Å²) in [7, 11) is 0. The molecule has 4 heterocycles. The zero-order valence-electron chi connectivity index (χ0n) is 14.8. The zero-order chi connectivity index (χ0) is 18.0. The SMILES string of the molecule is O=C(COC1CCOC2(C1)CN(C(=O)c1cnccn1)C2)N1CCCC1. The minimum atomic E-state index is -0.350. The topological polar surface area (TPSA) is 84.9 Å². The molecule has 8 heteroatoms. The van der Waals surface area contributed by atoms with Gasteiger partial charge in [0.2, 0.25) is 5.91 Å². The summed E-state index contributed by atoms with van der Waals surface area (Å²) >= 11 is 0. The molecule has 140 valence electrons. The van der Waals surface area contributed by atoms with Crippen LogP contribution in [0.1, 0.15) is 36.2 Å². The zero-order valence-corrected chi connectivity index (χ0v) is 14.8. The lowest BCUT2D eigenvalue weighted by molar-refractivity contribution is -0.188. The minimum absolute atomic E-state index is 0.00377. The second-order valence-electron chi connectivity index (χ2n) is 7.30. The Morgan fingerprint density at radius 1 is 1.23 bits per heavy atom. The first kappa shape index (κ1) is 17.4. The fraction of sp³-hybridized carbons (Fsp3) is 0.667. The smallest absolute Gasteiger partial charge is 0.274 e. The summed E-state index contributed by atoms with van der Waals surface area (Å²) in [5.41, 5.74) is -0.000494. The van der Waals surface area contributed by atoms with Gasteiger partial charge >= 0.3 is 0 Å². The number of hydrogen-bond donors (Lipinski definition) is 0. The number of carbonyl (C=O) groups is 2. The average molecular weight is 360 g/mol. The van der Waals surface area contributed by atoms with Gasteiger partial charge in [-0.1, -0.05) is 0 Å². The van der Waals surface area contributed by atoms with E-state index in [1.807, 2.05) is 4.90 Å². The van der Waals surface area contributed by atoms with Crippen molar-refractivity contribution in [1.29, 1.82) is 0 Å². The maximum Gasteiger partial charge on any atom is 0.274 e. The van der Waals surface area contributed by atoms with Crippen LogP contribution in [0.5, 0.6) is 0 Å². The van der Waals surface area contributed by atoms with Gasteiger partial charge in [0.05, 0.1) is 25.4 Å². The van der Waals surface area contributed by atoms with Crippen LogP contribution in [-0.2, 0) is 14.3 Å². The Morgan fingerprint density at radius 3 is 2.77 bits per heavy atom. The van der Waals surface area contributed by atoms with E-state index in [2.05, 4.69) is 9.97 Å². The van der Waals surface area contributed by atoms with Gasteiger partial charge < -0.3 is 19.3 Å². The van der Waals surface area contributed by atoms with Crippen molar-refractivity contribution in [3.05, 3.63) is 24.3 Å². The van der Waals surface area contributed by atoms with Gasteiger partial charge in [0.15, 0.2) is 0 Å². The maximum atomic E-state index is 12.4. The molecule has 8 nitrogen and oxygen atoms in total. The minimum Gasteiger partial charge on any atom is -0.371 e. The molecule has 1 unspecified atom stereocenters. The number of rotatable bonds is 4. The number of ether oxygens (including phenoxy) is 2. The van der Waals surface area contributed by atoms with Gasteiger partial charge in [-0.3, -0.25) is 14.6 Å². The third kappa shape index (κ3) is 3.57. The van der Waals surface area contributed by atoms with Crippen molar-refractivity contribution >= 4 is 11.8 Å². The lowest BCUT2D eigenvalue weighted by atomic mass is 9.84. The monoisotopic (exact) mass is 360 g/mol. The molecule has 2 amide bonds. The molecule has 26 heavy (non-hydrogen) atoms. The van der Waals surface area contributed by atoms with E-state index in [9.17, 15) is 9.59 Å². The second-order valence-corrected chi connectivity index (χ2v) is 7.30. The molecular formula is C18H24N4O4. The highest BCUT2D eigenvalue weighted by Crippen LogP contribution is 2.35. The number of likely N-dealkylation sites (tertiary alicyclic amines) is 2. The molecule has 3 aliphatic rings. The van der Waals surface area contributed by atoms with Gasteiger partial charge in [-0.05, 0) is 19.3 Å². The Hall–Kier alpha value is -2.06. The fourth-order valence-corrected chi connectivity index (χ4v) is 3.96. The molecular weight excluding hydrogens is 336 g/mol. The van der Waals surface area contributed by atoms with Gasteiger partial charge in [-0.15, -0.1) is 0 Å². The number of carbonyl (C=O) groups excluding carboxylic acids is 2. The summed E-state index contributed by atoms with van der Waals surface area (Å²) in [4.78, 5) is 36.1. The van der Waals surface area contributed by atoms with Crippen LogP contribution >= 0.6 is 0 Å². The number of hydrogen-bond acceptors (Lipinski definition) is 6. The van der Waals surface area contributed by atoms with Gasteiger partial charge in [0.1, 0.15) is 17.9 Å². The van der Waals surface area contributed by atoms with E-state index in [0.29, 0.717) is 31.8 Å². The van der Waals surface area contributed by atoms with Crippen molar-refractivity contribution in [2.75, 3.05) is 39.4 Å². The Morgan fingerprint density at radius 2 is 2.04 bits per heavy atom. The first-order valence-electron chi connectivity index (χ1n) is 9.24. The van der Waals surface area contributed by atoms with E-state index >= 15 is 0 Å². The Labute approximate surface area is 152 Å². The third-order valence-electron chi connectivity index (χ3n) is 5.38. The summed E-state index contributed by atoms with van der Waals surface area (Å²) < 4.78 is 11.8. The molecule has 0 bridgehead atoms. The molecule has 0 aromatic carbocycles. The van der Waals surface area contributed by atoms with E-state index in [0.717, 1.165) is 32.4 Å². The van der Waals surface area contributed by atoms with Crippen LogP contribution in [0, 0.1) is 0 Å². The van der Waals surface area contributed by atoms with Crippen molar-refractivity contribution in [1.82, 2.24) is 19.8 Å². The van der Waals surface area contributed by atoms with Crippen molar-refractivity contribution in [2.24, 2.45) is 0 Å². The van der Waals surface area contributed by atoms with E-state index in [-0.39, 0.29) is 30.1 Å². The van der Waals surface area contributed by atoms with E-state index in [1.165, 1.54) is 12.4 Å². The van der Waals surface area contributed by atoms with Crippen LogP contribution < -0.4 is 0 Å². The summed E-state index contributed by atoms with van der Waals surface area (Å²) in [6.45, 7) is 3.49. The molecule has 4 rings (SSSR count). The van der Waals surface area contributed by atoms with E-state index in [4.69, 9.17) is 9.47 Å². The highest BCUT2D eigenvalue weighted by atomic mass is 16.5. The number of nitrogens with zero attached hydrogens (tertiary/aromatic N) is 4. The van der Waals surface area contributed by atoms with Crippen LogP contribution in [0.4, 0.5) is 0 Å². The van der Waals surface area contributed by atoms with Crippen molar-refractivity contribution in [3.8, 4) is 0 Å². The van der Waals surface area contributed by atoms with Gasteiger partial charge in [-0.25, -0.2) is 4.98 Å². The summed E-state index contributed by atoms with van der Waals surface area (Å²) in [6, 6.07) is 0. The lowest BCUT2D eigenvalue weighted by Crippen LogP contribution is -2.67. The van der Waals surface area contributed by atoms with Crippen molar-refractivity contribution in [2.45, 2.75) is 37.4 Å². The predicted octanol–water partition coefficient (Wildman–Crippen LogP) is 0.489. The summed E-state index contributed by atoms with van der Waals surface area (Å²) in [6.07, 6.45) is 8.21. The van der Waals surface area contributed by atoms with Crippen LogP contribution in [0.3, 0.4) is 0 Å². The van der Waals surface area contributed by atoms with Gasteiger partial charge in [0, 0.05) is 38.5 Å². The molecule has 1 aromatic heterocycles. The van der Waals surface area contributed by atoms with Crippen LogP contribution in [0.2, 0.25) is 0 Å². The first-order valence-corrected chi connectivity index (χ1v) is 9.24. The number of amides is 2. The van der Waals surface area contributed by atoms with Crippen LogP contribution in [0.15, 0.2) is 18.6 Å². The maximum absolute atomic E-state index is 12.4. The van der Waals surface area contributed by atoms with E-state index < -0.39 is 0 Å². The highest BCUT2D eigenvalue weighted by Gasteiger charge is 2.50. The largest absolute Gasteiger partial charge is 0.371 e. The summed E-state index contributed by atoms with van der Waals surface area (Å²) in [5.74, 6) is -0.0457. The van der Waals surface area contributed by atoms with Gasteiger partial charge in [-0.2, -0.15) is 0 Å². The van der Waals surface area contributed by atoms with E-state index in [1.54, 1.807) is 11.1 Å². The second kappa shape index (κ2) is 7.28. The Kier molecular flexibility index (Phi) is 4.86. The summed E-state index contributed by atoms with van der Waals surface area (Å²) in [5, 5.41) is 0. The Balaban J connectivity index is 1.26. The normalized spacial score (nSPS) is 24.5. The van der Waals surface area contributed by atoms with Crippen molar-refractivity contribution < 1.29 is 19.1 Å². The van der Waals surface area contributed by atoms with Crippen LogP contribution in [0.25, 0.3) is 0 Å². The molecule has 0 aliphatic carbocycles. The van der Waals surface area contributed by atoms with Crippen molar-refractivity contribution in [3.63, 3.8) is 0 Å². The van der Waals surface area contributed by atoms with Crippen LogP contribution in [-0.4, -0.2) is 82.7 Å².